The van der Waals surface area contributed by atoms with E-state index in [1.165, 1.54) is 180 Å². The maximum atomic E-state index is 12.4. The van der Waals surface area contributed by atoms with Crippen molar-refractivity contribution in [3.63, 3.8) is 0 Å². The summed E-state index contributed by atoms with van der Waals surface area (Å²) in [5, 5.41) is 33.1. The van der Waals surface area contributed by atoms with Crippen molar-refractivity contribution < 1.29 is 20.1 Å². The van der Waals surface area contributed by atoms with Crippen molar-refractivity contribution in [2.75, 3.05) is 6.61 Å². The Morgan fingerprint density at radius 3 is 1.21 bits per heavy atom. The van der Waals surface area contributed by atoms with Gasteiger partial charge in [0.25, 0.3) is 0 Å². The van der Waals surface area contributed by atoms with Gasteiger partial charge in [-0.3, -0.25) is 4.79 Å². The highest BCUT2D eigenvalue weighted by atomic mass is 16.3. The number of aliphatic hydroxyl groups excluding tert-OH is 3. The van der Waals surface area contributed by atoms with Crippen LogP contribution in [0.1, 0.15) is 232 Å². The van der Waals surface area contributed by atoms with Gasteiger partial charge in [0.15, 0.2) is 0 Å². The number of hydrogen-bond donors (Lipinski definition) is 4. The molecule has 0 bridgehead atoms. The van der Waals surface area contributed by atoms with Gasteiger partial charge in [0.2, 0.25) is 5.91 Å². The molecule has 0 spiro atoms. The summed E-state index contributed by atoms with van der Waals surface area (Å²) in [6.45, 7) is 4.21. The Labute approximate surface area is 299 Å². The van der Waals surface area contributed by atoms with Crippen LogP contribution in [0, 0.1) is 0 Å². The van der Waals surface area contributed by atoms with Gasteiger partial charge in [-0.1, -0.05) is 219 Å². The minimum atomic E-state index is -0.922. The lowest BCUT2D eigenvalue weighted by atomic mass is 10.0. The summed E-state index contributed by atoms with van der Waals surface area (Å²) in [6.07, 6.45) is 45.0. The Morgan fingerprint density at radius 2 is 0.854 bits per heavy atom. The van der Waals surface area contributed by atoms with Crippen LogP contribution in [0.2, 0.25) is 0 Å². The first-order valence-corrected chi connectivity index (χ1v) is 21.5. The van der Waals surface area contributed by atoms with Crippen LogP contribution >= 0.6 is 0 Å². The second kappa shape index (κ2) is 38.9. The number of unbranched alkanes of at least 4 members (excludes halogenated alkanes) is 30. The number of amides is 1. The van der Waals surface area contributed by atoms with E-state index in [2.05, 4.69) is 19.2 Å². The fourth-order valence-electron chi connectivity index (χ4n) is 6.75. The molecule has 0 aromatic carbocycles. The van der Waals surface area contributed by atoms with Crippen LogP contribution in [0.4, 0.5) is 0 Å². The van der Waals surface area contributed by atoms with Crippen molar-refractivity contribution in [1.29, 1.82) is 0 Å². The number of aliphatic hydroxyl groups is 3. The molecule has 0 rings (SSSR count). The van der Waals surface area contributed by atoms with Crippen LogP contribution in [0.5, 0.6) is 0 Å². The number of allylic oxidation sites excluding steroid dienone is 1. The molecule has 0 saturated heterocycles. The van der Waals surface area contributed by atoms with E-state index in [4.69, 9.17) is 0 Å². The molecule has 5 nitrogen and oxygen atoms in total. The molecule has 48 heavy (non-hydrogen) atoms. The van der Waals surface area contributed by atoms with Crippen LogP contribution in [0.3, 0.4) is 0 Å². The van der Waals surface area contributed by atoms with Gasteiger partial charge >= 0.3 is 0 Å². The summed E-state index contributed by atoms with van der Waals surface area (Å²) in [7, 11) is 0. The number of hydrogen-bond acceptors (Lipinski definition) is 4. The van der Waals surface area contributed by atoms with E-state index in [1.807, 2.05) is 6.08 Å². The fraction of sp³-hybridized carbons (Fsp3) is 0.930. The quantitative estimate of drug-likeness (QED) is 0.0384. The van der Waals surface area contributed by atoms with Gasteiger partial charge in [-0.25, -0.2) is 0 Å². The molecule has 0 aliphatic rings. The van der Waals surface area contributed by atoms with Crippen LogP contribution in [-0.2, 0) is 4.79 Å². The SMILES string of the molecule is CCCCCCCCCCC/C=C/C(O)C(CO)NC(=O)CC(O)CCCCCCCCCCCCCCCCCCCCCCCC. The topological polar surface area (TPSA) is 89.8 Å². The monoisotopic (exact) mass is 680 g/mol. The van der Waals surface area contributed by atoms with Gasteiger partial charge in [0.05, 0.1) is 31.3 Å². The van der Waals surface area contributed by atoms with Crippen molar-refractivity contribution in [2.45, 2.75) is 250 Å². The smallest absolute Gasteiger partial charge is 0.222 e. The second-order valence-electron chi connectivity index (χ2n) is 15.0. The molecule has 3 atom stereocenters. The standard InChI is InChI=1S/C43H85NO4/c1-3-5-7-9-11-13-15-16-17-18-19-20-21-22-23-24-25-27-28-30-32-34-36-40(46)38-43(48)44-41(39-45)42(47)37-35-33-31-29-26-14-12-10-8-6-4-2/h35,37,40-42,45-47H,3-34,36,38-39H2,1-2H3,(H,44,48)/b37-35+. The third kappa shape index (κ3) is 34.9. The molecule has 4 N–H and O–H groups in total. The van der Waals surface area contributed by atoms with Gasteiger partial charge in [-0.05, 0) is 19.3 Å². The van der Waals surface area contributed by atoms with E-state index in [-0.39, 0.29) is 18.9 Å². The zero-order chi connectivity index (χ0) is 35.2. The van der Waals surface area contributed by atoms with Crippen LogP contribution < -0.4 is 5.32 Å². The van der Waals surface area contributed by atoms with Crippen molar-refractivity contribution in [1.82, 2.24) is 5.32 Å². The number of nitrogens with one attached hydrogen (secondary N) is 1. The Morgan fingerprint density at radius 1 is 0.521 bits per heavy atom. The van der Waals surface area contributed by atoms with E-state index in [9.17, 15) is 20.1 Å². The van der Waals surface area contributed by atoms with Crippen LogP contribution in [0.25, 0.3) is 0 Å². The predicted molar refractivity (Wildman–Crippen MR) is 208 cm³/mol. The molecule has 0 aliphatic heterocycles. The third-order valence-corrected chi connectivity index (χ3v) is 10.1. The largest absolute Gasteiger partial charge is 0.394 e. The normalized spacial score (nSPS) is 13.7. The maximum Gasteiger partial charge on any atom is 0.222 e. The molecule has 286 valence electrons. The molecule has 5 heteroatoms. The molecule has 0 heterocycles. The average Bonchev–Trinajstić information content (AvgIpc) is 3.08. The summed E-state index contributed by atoms with van der Waals surface area (Å²) < 4.78 is 0. The highest BCUT2D eigenvalue weighted by Crippen LogP contribution is 2.16. The summed E-state index contributed by atoms with van der Waals surface area (Å²) in [5.74, 6) is -0.313. The Hall–Kier alpha value is -0.910. The number of carbonyl (C=O) groups is 1. The molecule has 1 amide bonds. The number of rotatable bonds is 39. The molecule has 0 radical (unpaired) electrons. The molecular formula is C43H85NO4. The Balaban J connectivity index is 3.57. The van der Waals surface area contributed by atoms with E-state index in [1.54, 1.807) is 6.08 Å². The highest BCUT2D eigenvalue weighted by Gasteiger charge is 2.20. The minimum absolute atomic E-state index is 0.0185. The summed E-state index contributed by atoms with van der Waals surface area (Å²) >= 11 is 0. The summed E-state index contributed by atoms with van der Waals surface area (Å²) in [4.78, 5) is 12.4. The van der Waals surface area contributed by atoms with Crippen LogP contribution in [-0.4, -0.2) is 46.1 Å². The first-order chi connectivity index (χ1) is 23.5. The lowest BCUT2D eigenvalue weighted by molar-refractivity contribution is -0.124. The van der Waals surface area contributed by atoms with E-state index in [0.717, 1.165) is 25.7 Å². The van der Waals surface area contributed by atoms with Gasteiger partial charge in [-0.2, -0.15) is 0 Å². The molecule has 3 unspecified atom stereocenters. The maximum absolute atomic E-state index is 12.4. The first kappa shape index (κ1) is 47.1. The fourth-order valence-corrected chi connectivity index (χ4v) is 6.75. The summed E-state index contributed by atoms with van der Waals surface area (Å²) in [5.41, 5.74) is 0. The molecule has 0 aromatic rings. The Kier molecular flexibility index (Phi) is 38.1. The van der Waals surface area contributed by atoms with Gasteiger partial charge in [-0.15, -0.1) is 0 Å². The predicted octanol–water partition coefficient (Wildman–Crippen LogP) is 12.0. The zero-order valence-electron chi connectivity index (χ0n) is 32.4. The second-order valence-corrected chi connectivity index (χ2v) is 15.0. The average molecular weight is 680 g/mol. The molecule has 0 aromatic heterocycles. The highest BCUT2D eigenvalue weighted by molar-refractivity contribution is 5.76. The van der Waals surface area contributed by atoms with Gasteiger partial charge in [0.1, 0.15) is 0 Å². The lowest BCUT2D eigenvalue weighted by Crippen LogP contribution is -2.45. The number of carbonyl (C=O) groups excluding carboxylic acids is 1. The van der Waals surface area contributed by atoms with Crippen molar-refractivity contribution in [3.8, 4) is 0 Å². The van der Waals surface area contributed by atoms with Gasteiger partial charge < -0.3 is 20.6 Å². The van der Waals surface area contributed by atoms with E-state index in [0.29, 0.717) is 6.42 Å². The molecular weight excluding hydrogens is 594 g/mol. The third-order valence-electron chi connectivity index (χ3n) is 10.1. The van der Waals surface area contributed by atoms with Gasteiger partial charge in [0, 0.05) is 0 Å². The minimum Gasteiger partial charge on any atom is -0.394 e. The first-order valence-electron chi connectivity index (χ1n) is 21.5. The Bertz CT molecular complexity index is 669. The molecule has 0 saturated carbocycles. The molecule has 0 fully saturated rings. The van der Waals surface area contributed by atoms with E-state index < -0.39 is 18.2 Å². The lowest BCUT2D eigenvalue weighted by Gasteiger charge is -2.21. The van der Waals surface area contributed by atoms with Crippen LogP contribution in [0.15, 0.2) is 12.2 Å². The van der Waals surface area contributed by atoms with Crippen molar-refractivity contribution in [2.24, 2.45) is 0 Å². The van der Waals surface area contributed by atoms with Crippen molar-refractivity contribution >= 4 is 5.91 Å². The van der Waals surface area contributed by atoms with Crippen molar-refractivity contribution in [3.05, 3.63) is 12.2 Å². The zero-order valence-corrected chi connectivity index (χ0v) is 32.4. The molecule has 0 aliphatic carbocycles. The van der Waals surface area contributed by atoms with E-state index >= 15 is 0 Å². The summed E-state index contributed by atoms with van der Waals surface area (Å²) in [6, 6.07) is -0.738.